The van der Waals surface area contributed by atoms with Crippen LogP contribution in [0.25, 0.3) is 0 Å². The van der Waals surface area contributed by atoms with Crippen molar-refractivity contribution in [2.45, 2.75) is 32.2 Å². The van der Waals surface area contributed by atoms with Crippen LogP contribution in [0.15, 0.2) is 54.6 Å². The maximum atomic E-state index is 11.6. The van der Waals surface area contributed by atoms with Crippen LogP contribution in [-0.2, 0) is 11.2 Å². The van der Waals surface area contributed by atoms with E-state index in [0.29, 0.717) is 24.7 Å². The molecule has 0 aliphatic carbocycles. The molecule has 1 fully saturated rings. The molecule has 1 aliphatic heterocycles. The van der Waals surface area contributed by atoms with Crippen LogP contribution in [0.4, 0.5) is 5.69 Å². The molecule has 0 amide bonds. The van der Waals surface area contributed by atoms with E-state index in [0.717, 1.165) is 13.0 Å². The van der Waals surface area contributed by atoms with Crippen molar-refractivity contribution in [1.82, 2.24) is 0 Å². The topological polar surface area (TPSA) is 20.3 Å². The first-order chi connectivity index (χ1) is 10.2. The largest absolute Gasteiger partial charge is 0.368 e. The summed E-state index contributed by atoms with van der Waals surface area (Å²) in [6, 6.07) is 19.4. The molecule has 108 valence electrons. The van der Waals surface area contributed by atoms with Crippen molar-refractivity contribution in [3.63, 3.8) is 0 Å². The molecular formula is C19H21NO. The zero-order valence-corrected chi connectivity index (χ0v) is 12.5. The number of carbonyl (C=O) groups is 1. The first-order valence-electron chi connectivity index (χ1n) is 7.64. The Labute approximate surface area is 126 Å². The fourth-order valence-corrected chi connectivity index (χ4v) is 3.12. The second-order valence-electron chi connectivity index (χ2n) is 5.83. The van der Waals surface area contributed by atoms with Crippen LogP contribution in [0.5, 0.6) is 0 Å². The van der Waals surface area contributed by atoms with Crippen LogP contribution in [0.1, 0.15) is 30.9 Å². The van der Waals surface area contributed by atoms with Crippen LogP contribution >= 0.6 is 0 Å². The predicted molar refractivity (Wildman–Crippen MR) is 86.7 cm³/mol. The molecule has 1 unspecified atom stereocenters. The lowest BCUT2D eigenvalue weighted by atomic mass is 9.97. The van der Waals surface area contributed by atoms with Crippen molar-refractivity contribution in [2.24, 2.45) is 0 Å². The second kappa shape index (κ2) is 6.13. The third-order valence-corrected chi connectivity index (χ3v) is 4.23. The number of nitrogens with zero attached hydrogens (tertiary/aromatic N) is 1. The summed E-state index contributed by atoms with van der Waals surface area (Å²) < 4.78 is 0. The fourth-order valence-electron chi connectivity index (χ4n) is 3.12. The molecule has 2 heteroatoms. The average molecular weight is 279 g/mol. The van der Waals surface area contributed by atoms with Gasteiger partial charge in [-0.2, -0.15) is 0 Å². The van der Waals surface area contributed by atoms with E-state index in [-0.39, 0.29) is 0 Å². The van der Waals surface area contributed by atoms with Gasteiger partial charge in [0.15, 0.2) is 0 Å². The zero-order valence-electron chi connectivity index (χ0n) is 12.5. The number of ketones is 1. The van der Waals surface area contributed by atoms with Gasteiger partial charge in [0.2, 0.25) is 0 Å². The highest BCUT2D eigenvalue weighted by Gasteiger charge is 2.24. The predicted octanol–water partition coefficient (Wildman–Crippen LogP) is 3.84. The van der Waals surface area contributed by atoms with Crippen molar-refractivity contribution in [3.05, 3.63) is 65.7 Å². The van der Waals surface area contributed by atoms with E-state index in [9.17, 15) is 4.79 Å². The molecule has 0 saturated carbocycles. The summed E-state index contributed by atoms with van der Waals surface area (Å²) in [7, 11) is 0. The number of piperidine rings is 1. The third kappa shape index (κ3) is 3.15. The molecule has 0 N–H and O–H groups in total. The van der Waals surface area contributed by atoms with Crippen LogP contribution in [0, 0.1) is 0 Å². The molecule has 1 heterocycles. The number of hydrogen-bond acceptors (Lipinski definition) is 2. The molecule has 1 saturated heterocycles. The quantitative estimate of drug-likeness (QED) is 0.851. The number of carbonyl (C=O) groups excluding carboxylic acids is 1. The monoisotopic (exact) mass is 279 g/mol. The maximum absolute atomic E-state index is 11.6. The lowest BCUT2D eigenvalue weighted by Gasteiger charge is -2.36. The van der Waals surface area contributed by atoms with E-state index in [1.54, 1.807) is 0 Å². The highest BCUT2D eigenvalue weighted by Crippen LogP contribution is 2.28. The smallest absolute Gasteiger partial charge is 0.136 e. The van der Waals surface area contributed by atoms with Crippen LogP contribution in [0.3, 0.4) is 0 Å². The van der Waals surface area contributed by atoms with Gasteiger partial charge in [0.1, 0.15) is 5.78 Å². The van der Waals surface area contributed by atoms with Crippen molar-refractivity contribution >= 4 is 11.5 Å². The molecule has 3 rings (SSSR count). The van der Waals surface area contributed by atoms with Gasteiger partial charge in [0.05, 0.1) is 0 Å². The van der Waals surface area contributed by atoms with E-state index in [1.807, 2.05) is 6.07 Å². The van der Waals surface area contributed by atoms with E-state index in [1.165, 1.54) is 16.8 Å². The lowest BCUT2D eigenvalue weighted by molar-refractivity contribution is -0.120. The van der Waals surface area contributed by atoms with Gasteiger partial charge in [0.25, 0.3) is 0 Å². The Kier molecular flexibility index (Phi) is 4.05. The molecule has 0 spiro atoms. The molecule has 2 aromatic carbocycles. The van der Waals surface area contributed by atoms with E-state index in [4.69, 9.17) is 0 Å². The Morgan fingerprint density at radius 1 is 1.05 bits per heavy atom. The molecule has 0 radical (unpaired) electrons. The van der Waals surface area contributed by atoms with Gasteiger partial charge in [-0.1, -0.05) is 48.5 Å². The van der Waals surface area contributed by atoms with E-state index in [2.05, 4.69) is 60.4 Å². The summed E-state index contributed by atoms with van der Waals surface area (Å²) in [4.78, 5) is 14.0. The van der Waals surface area contributed by atoms with Gasteiger partial charge in [-0.25, -0.2) is 0 Å². The Bertz CT molecular complexity index is 620. The minimum absolute atomic E-state index is 0.295. The highest BCUT2D eigenvalue weighted by atomic mass is 16.1. The Hall–Kier alpha value is -2.09. The molecule has 2 aromatic rings. The Morgan fingerprint density at radius 2 is 1.76 bits per heavy atom. The minimum atomic E-state index is 0.295. The summed E-state index contributed by atoms with van der Waals surface area (Å²) in [5.41, 5.74) is 3.94. The number of para-hydroxylation sites is 1. The fraction of sp³-hybridized carbons (Fsp3) is 0.316. The standard InChI is InChI=1S/C19H21NO/c1-15-13-18(21)11-12-20(15)19-10-6-5-9-17(19)14-16-7-3-2-4-8-16/h2-10,15H,11-14H2,1H3. The van der Waals surface area contributed by atoms with Crippen molar-refractivity contribution < 1.29 is 4.79 Å². The summed E-state index contributed by atoms with van der Waals surface area (Å²) in [5.74, 6) is 0.388. The van der Waals surface area contributed by atoms with E-state index >= 15 is 0 Å². The van der Waals surface area contributed by atoms with Crippen molar-refractivity contribution in [3.8, 4) is 0 Å². The first-order valence-corrected chi connectivity index (χ1v) is 7.64. The maximum Gasteiger partial charge on any atom is 0.136 e. The van der Waals surface area contributed by atoms with Gasteiger partial charge in [-0.15, -0.1) is 0 Å². The molecule has 0 bridgehead atoms. The number of hydrogen-bond donors (Lipinski definition) is 0. The van der Waals surface area contributed by atoms with Gasteiger partial charge >= 0.3 is 0 Å². The summed E-state index contributed by atoms with van der Waals surface area (Å²) >= 11 is 0. The summed E-state index contributed by atoms with van der Waals surface area (Å²) in [6.45, 7) is 2.99. The normalized spacial score (nSPS) is 18.8. The van der Waals surface area contributed by atoms with Gasteiger partial charge in [-0.3, -0.25) is 4.79 Å². The van der Waals surface area contributed by atoms with Crippen molar-refractivity contribution in [2.75, 3.05) is 11.4 Å². The summed E-state index contributed by atoms with van der Waals surface area (Å²) in [5, 5.41) is 0. The minimum Gasteiger partial charge on any atom is -0.368 e. The van der Waals surface area contributed by atoms with Crippen molar-refractivity contribution in [1.29, 1.82) is 0 Å². The number of Topliss-reactive ketones (excluding diaryl/α,β-unsaturated/α-hetero) is 1. The van der Waals surface area contributed by atoms with Crippen LogP contribution < -0.4 is 4.90 Å². The first kappa shape index (κ1) is 13.9. The van der Waals surface area contributed by atoms with Crippen LogP contribution in [0.2, 0.25) is 0 Å². The Morgan fingerprint density at radius 3 is 2.52 bits per heavy atom. The number of rotatable bonds is 3. The van der Waals surface area contributed by atoms with E-state index < -0.39 is 0 Å². The van der Waals surface area contributed by atoms with Gasteiger partial charge in [0, 0.05) is 31.1 Å². The third-order valence-electron chi connectivity index (χ3n) is 4.23. The second-order valence-corrected chi connectivity index (χ2v) is 5.83. The number of anilines is 1. The molecule has 1 aliphatic rings. The molecule has 21 heavy (non-hydrogen) atoms. The molecular weight excluding hydrogens is 258 g/mol. The highest BCUT2D eigenvalue weighted by molar-refractivity contribution is 5.82. The van der Waals surface area contributed by atoms with Crippen LogP contribution in [-0.4, -0.2) is 18.4 Å². The van der Waals surface area contributed by atoms with Gasteiger partial charge in [-0.05, 0) is 30.5 Å². The molecule has 2 nitrogen and oxygen atoms in total. The molecule has 1 atom stereocenters. The average Bonchev–Trinajstić information content (AvgIpc) is 2.49. The SMILES string of the molecule is CC1CC(=O)CCN1c1ccccc1Cc1ccccc1. The van der Waals surface area contributed by atoms with Gasteiger partial charge < -0.3 is 4.90 Å². The zero-order chi connectivity index (χ0) is 14.7. The Balaban J connectivity index is 1.87. The molecule has 0 aromatic heterocycles. The summed E-state index contributed by atoms with van der Waals surface area (Å²) in [6.07, 6.45) is 2.28. The number of benzene rings is 2. The lowest BCUT2D eigenvalue weighted by Crippen LogP contribution is -2.41.